The summed E-state index contributed by atoms with van der Waals surface area (Å²) >= 11 is 3.27. The van der Waals surface area contributed by atoms with Crippen molar-refractivity contribution in [3.05, 3.63) is 28.7 Å². The van der Waals surface area contributed by atoms with E-state index < -0.39 is 18.0 Å². The van der Waals surface area contributed by atoms with Crippen molar-refractivity contribution in [1.29, 1.82) is 0 Å². The average Bonchev–Trinajstić information content (AvgIpc) is 2.28. The molecule has 6 nitrogen and oxygen atoms in total. The lowest BCUT2D eigenvalue weighted by atomic mass is 10.3. The van der Waals surface area contributed by atoms with Gasteiger partial charge in [0.15, 0.2) is 6.04 Å². The van der Waals surface area contributed by atoms with Crippen molar-refractivity contribution in [1.82, 2.24) is 5.32 Å². The monoisotopic (exact) mass is 316 g/mol. The van der Waals surface area contributed by atoms with Gasteiger partial charge in [-0.05, 0) is 18.2 Å². The maximum absolute atomic E-state index is 11.6. The van der Waals surface area contributed by atoms with E-state index in [4.69, 9.17) is 9.84 Å². The molecule has 1 rings (SSSR count). The Bertz CT molecular complexity index is 439. The lowest BCUT2D eigenvalue weighted by molar-refractivity contribution is -0.140. The van der Waals surface area contributed by atoms with Gasteiger partial charge in [0, 0.05) is 17.3 Å². The quantitative estimate of drug-likeness (QED) is 0.771. The van der Waals surface area contributed by atoms with Crippen molar-refractivity contribution < 1.29 is 19.4 Å². The molecule has 0 bridgehead atoms. The van der Waals surface area contributed by atoms with E-state index in [1.54, 1.807) is 18.2 Å². The SMILES string of the molecule is COCC(NC(=O)Nc1cccc(Br)c1)C(=O)O. The second kappa shape index (κ2) is 6.97. The Morgan fingerprint density at radius 2 is 2.22 bits per heavy atom. The van der Waals surface area contributed by atoms with E-state index in [-0.39, 0.29) is 6.61 Å². The van der Waals surface area contributed by atoms with Gasteiger partial charge < -0.3 is 20.5 Å². The highest BCUT2D eigenvalue weighted by atomic mass is 79.9. The number of carbonyl (C=O) groups is 2. The van der Waals surface area contributed by atoms with E-state index in [0.717, 1.165) is 4.47 Å². The fraction of sp³-hybridized carbons (Fsp3) is 0.273. The Morgan fingerprint density at radius 1 is 1.50 bits per heavy atom. The van der Waals surface area contributed by atoms with E-state index in [2.05, 4.69) is 26.6 Å². The van der Waals surface area contributed by atoms with Crippen LogP contribution in [0, 0.1) is 0 Å². The van der Waals surface area contributed by atoms with E-state index >= 15 is 0 Å². The van der Waals surface area contributed by atoms with Crippen LogP contribution in [0.4, 0.5) is 10.5 Å². The van der Waals surface area contributed by atoms with Crippen LogP contribution in [0.2, 0.25) is 0 Å². The van der Waals surface area contributed by atoms with E-state index in [1.807, 2.05) is 6.07 Å². The normalized spacial score (nSPS) is 11.7. The summed E-state index contributed by atoms with van der Waals surface area (Å²) in [6.07, 6.45) is 0. The molecule has 7 heteroatoms. The molecule has 1 aromatic carbocycles. The van der Waals surface area contributed by atoms with E-state index in [9.17, 15) is 9.59 Å². The molecule has 1 atom stereocenters. The van der Waals surface area contributed by atoms with Gasteiger partial charge in [-0.1, -0.05) is 22.0 Å². The number of hydrogen-bond donors (Lipinski definition) is 3. The number of carboxylic acids is 1. The molecular weight excluding hydrogens is 304 g/mol. The smallest absolute Gasteiger partial charge is 0.328 e. The molecule has 0 aromatic heterocycles. The van der Waals surface area contributed by atoms with Crippen LogP contribution in [0.3, 0.4) is 0 Å². The Balaban J connectivity index is 2.57. The van der Waals surface area contributed by atoms with Gasteiger partial charge >= 0.3 is 12.0 Å². The summed E-state index contributed by atoms with van der Waals surface area (Å²) in [5, 5.41) is 13.7. The Morgan fingerprint density at radius 3 is 2.78 bits per heavy atom. The van der Waals surface area contributed by atoms with Gasteiger partial charge in [0.25, 0.3) is 0 Å². The molecule has 1 aromatic rings. The first-order valence-electron chi connectivity index (χ1n) is 5.07. The predicted molar refractivity (Wildman–Crippen MR) is 69.6 cm³/mol. The molecule has 98 valence electrons. The number of anilines is 1. The summed E-state index contributed by atoms with van der Waals surface area (Å²) in [5.41, 5.74) is 0.559. The van der Waals surface area contributed by atoms with Crippen LogP contribution in [-0.4, -0.2) is 36.9 Å². The molecular formula is C11H13BrN2O4. The number of carbonyl (C=O) groups excluding carboxylic acids is 1. The lowest BCUT2D eigenvalue weighted by Gasteiger charge is -2.14. The molecule has 0 aliphatic carbocycles. The maximum Gasteiger partial charge on any atom is 0.328 e. The topological polar surface area (TPSA) is 87.7 Å². The Labute approximate surface area is 112 Å². The highest BCUT2D eigenvalue weighted by Gasteiger charge is 2.19. The summed E-state index contributed by atoms with van der Waals surface area (Å²) in [6, 6.07) is 5.28. The summed E-state index contributed by atoms with van der Waals surface area (Å²) in [6.45, 7) is -0.0960. The van der Waals surface area contributed by atoms with Crippen molar-refractivity contribution in [2.24, 2.45) is 0 Å². The van der Waals surface area contributed by atoms with E-state index in [1.165, 1.54) is 7.11 Å². The zero-order chi connectivity index (χ0) is 13.5. The van der Waals surface area contributed by atoms with Crippen LogP contribution in [0.1, 0.15) is 0 Å². The summed E-state index contributed by atoms with van der Waals surface area (Å²) < 4.78 is 5.52. The summed E-state index contributed by atoms with van der Waals surface area (Å²) in [4.78, 5) is 22.4. The highest BCUT2D eigenvalue weighted by molar-refractivity contribution is 9.10. The van der Waals surface area contributed by atoms with Crippen molar-refractivity contribution in [3.8, 4) is 0 Å². The van der Waals surface area contributed by atoms with Gasteiger partial charge in [-0.15, -0.1) is 0 Å². The van der Waals surface area contributed by atoms with Crippen molar-refractivity contribution in [2.45, 2.75) is 6.04 Å². The molecule has 0 radical (unpaired) electrons. The van der Waals surface area contributed by atoms with Crippen LogP contribution in [0.5, 0.6) is 0 Å². The number of benzene rings is 1. The number of amides is 2. The van der Waals surface area contributed by atoms with Crippen molar-refractivity contribution in [2.75, 3.05) is 19.0 Å². The average molecular weight is 317 g/mol. The molecule has 0 spiro atoms. The number of rotatable bonds is 5. The minimum absolute atomic E-state index is 0.0960. The number of aliphatic carboxylic acids is 1. The standard InChI is InChI=1S/C11H13BrN2O4/c1-18-6-9(10(15)16)14-11(17)13-8-4-2-3-7(12)5-8/h2-5,9H,6H2,1H3,(H,15,16)(H2,13,14,17). The fourth-order valence-electron chi connectivity index (χ4n) is 1.23. The number of ether oxygens (including phenoxy) is 1. The number of carboxylic acid groups (broad SMARTS) is 1. The molecule has 2 amide bonds. The largest absolute Gasteiger partial charge is 0.480 e. The van der Waals surface area contributed by atoms with Crippen LogP contribution in [0.25, 0.3) is 0 Å². The van der Waals surface area contributed by atoms with Crippen LogP contribution >= 0.6 is 15.9 Å². The highest BCUT2D eigenvalue weighted by Crippen LogP contribution is 2.15. The number of hydrogen-bond acceptors (Lipinski definition) is 3. The third kappa shape index (κ3) is 4.72. The van der Waals surface area contributed by atoms with E-state index in [0.29, 0.717) is 5.69 Å². The Hall–Kier alpha value is -1.60. The van der Waals surface area contributed by atoms with Crippen LogP contribution < -0.4 is 10.6 Å². The van der Waals surface area contributed by atoms with Gasteiger partial charge in [-0.25, -0.2) is 9.59 Å². The number of halogens is 1. The zero-order valence-electron chi connectivity index (χ0n) is 9.64. The minimum Gasteiger partial charge on any atom is -0.480 e. The number of urea groups is 1. The van der Waals surface area contributed by atoms with Gasteiger partial charge in [-0.3, -0.25) is 0 Å². The predicted octanol–water partition coefficient (Wildman–Crippen LogP) is 1.67. The molecule has 3 N–H and O–H groups in total. The van der Waals surface area contributed by atoms with Gasteiger partial charge in [-0.2, -0.15) is 0 Å². The second-order valence-corrected chi connectivity index (χ2v) is 4.37. The minimum atomic E-state index is -1.15. The van der Waals surface area contributed by atoms with Gasteiger partial charge in [0.05, 0.1) is 6.61 Å². The molecule has 0 saturated carbocycles. The third-order valence-electron chi connectivity index (χ3n) is 2.02. The first kappa shape index (κ1) is 14.5. The van der Waals surface area contributed by atoms with Crippen LogP contribution in [0.15, 0.2) is 28.7 Å². The van der Waals surface area contributed by atoms with Crippen LogP contribution in [-0.2, 0) is 9.53 Å². The summed E-state index contributed by atoms with van der Waals surface area (Å²) in [7, 11) is 1.36. The third-order valence-corrected chi connectivity index (χ3v) is 2.51. The first-order chi connectivity index (χ1) is 8.52. The maximum atomic E-state index is 11.6. The number of nitrogens with one attached hydrogen (secondary N) is 2. The van der Waals surface area contributed by atoms with Crippen molar-refractivity contribution in [3.63, 3.8) is 0 Å². The Kier molecular flexibility index (Phi) is 5.60. The lowest BCUT2D eigenvalue weighted by Crippen LogP contribution is -2.45. The molecule has 18 heavy (non-hydrogen) atoms. The molecule has 0 fully saturated rings. The zero-order valence-corrected chi connectivity index (χ0v) is 11.2. The molecule has 0 aliphatic rings. The number of methoxy groups -OCH3 is 1. The first-order valence-corrected chi connectivity index (χ1v) is 5.87. The van der Waals surface area contributed by atoms with Crippen molar-refractivity contribution >= 4 is 33.6 Å². The molecule has 0 aliphatic heterocycles. The fourth-order valence-corrected chi connectivity index (χ4v) is 1.63. The summed E-state index contributed by atoms with van der Waals surface area (Å²) in [5.74, 6) is -1.15. The molecule has 1 unspecified atom stereocenters. The van der Waals surface area contributed by atoms with Gasteiger partial charge in [0.2, 0.25) is 0 Å². The molecule has 0 saturated heterocycles. The second-order valence-electron chi connectivity index (χ2n) is 3.45. The van der Waals surface area contributed by atoms with Gasteiger partial charge in [0.1, 0.15) is 0 Å². The molecule has 0 heterocycles.